The average Bonchev–Trinajstić information content (AvgIpc) is 3.27. The SMILES string of the molecule is FC(F)(F)c1cnc(NC2CCCNC2)nc1-c1c[nH]c2nc(N3CCN(C4COC4)CC3)ccc12. The number of H-pyrrole nitrogens is 1. The van der Waals surface area contributed by atoms with Gasteiger partial charge in [-0.2, -0.15) is 13.2 Å². The highest BCUT2D eigenvalue weighted by atomic mass is 19.4. The van der Waals surface area contributed by atoms with E-state index >= 15 is 0 Å². The molecule has 3 saturated heterocycles. The fraction of sp³-hybridized carbons (Fsp3) is 0.542. The third-order valence-corrected chi connectivity index (χ3v) is 7.28. The Hall–Kier alpha value is -2.96. The van der Waals surface area contributed by atoms with Gasteiger partial charge in [-0.15, -0.1) is 0 Å². The molecule has 1 atom stereocenters. The molecule has 36 heavy (non-hydrogen) atoms. The molecule has 3 aromatic heterocycles. The fourth-order valence-corrected chi connectivity index (χ4v) is 5.14. The first-order chi connectivity index (χ1) is 17.5. The summed E-state index contributed by atoms with van der Waals surface area (Å²) in [5.74, 6) is 1.01. The van der Waals surface area contributed by atoms with E-state index in [4.69, 9.17) is 9.72 Å². The van der Waals surface area contributed by atoms with Crippen LogP contribution in [-0.4, -0.2) is 89.4 Å². The number of hydrogen-bond acceptors (Lipinski definition) is 8. The van der Waals surface area contributed by atoms with Gasteiger partial charge in [-0.05, 0) is 31.5 Å². The van der Waals surface area contributed by atoms with Crippen molar-refractivity contribution >= 4 is 22.8 Å². The topological polar surface area (TPSA) is 94.2 Å². The molecule has 6 rings (SSSR count). The molecule has 3 fully saturated rings. The second-order valence-corrected chi connectivity index (χ2v) is 9.62. The first-order valence-electron chi connectivity index (χ1n) is 12.4. The molecule has 1 unspecified atom stereocenters. The van der Waals surface area contributed by atoms with Crippen LogP contribution in [0.15, 0.2) is 24.5 Å². The molecule has 0 bridgehead atoms. The quantitative estimate of drug-likeness (QED) is 0.491. The van der Waals surface area contributed by atoms with E-state index < -0.39 is 11.7 Å². The molecule has 3 aliphatic rings. The summed E-state index contributed by atoms with van der Waals surface area (Å²) < 4.78 is 47.0. The molecule has 3 aliphatic heterocycles. The maximum absolute atomic E-state index is 13.9. The minimum atomic E-state index is -4.58. The van der Waals surface area contributed by atoms with E-state index in [9.17, 15) is 13.2 Å². The van der Waals surface area contributed by atoms with Crippen LogP contribution in [0.2, 0.25) is 0 Å². The lowest BCUT2D eigenvalue weighted by molar-refractivity contribution is -0.137. The third-order valence-electron chi connectivity index (χ3n) is 7.28. The van der Waals surface area contributed by atoms with Crippen molar-refractivity contribution in [1.82, 2.24) is 30.2 Å². The van der Waals surface area contributed by atoms with Crippen LogP contribution in [-0.2, 0) is 10.9 Å². The summed E-state index contributed by atoms with van der Waals surface area (Å²) in [5.41, 5.74) is -0.120. The largest absolute Gasteiger partial charge is 0.419 e. The normalized spacial score (nSPS) is 22.1. The second-order valence-electron chi connectivity index (χ2n) is 9.62. The predicted molar refractivity (Wildman–Crippen MR) is 130 cm³/mol. The van der Waals surface area contributed by atoms with Crippen LogP contribution in [0, 0.1) is 0 Å². The molecule has 0 amide bonds. The molecular weight excluding hydrogens is 473 g/mol. The van der Waals surface area contributed by atoms with Crippen LogP contribution >= 0.6 is 0 Å². The highest BCUT2D eigenvalue weighted by molar-refractivity contribution is 5.94. The van der Waals surface area contributed by atoms with Crippen LogP contribution in [0.25, 0.3) is 22.3 Å². The van der Waals surface area contributed by atoms with Gasteiger partial charge in [0.2, 0.25) is 5.95 Å². The van der Waals surface area contributed by atoms with Gasteiger partial charge in [0.1, 0.15) is 17.0 Å². The Morgan fingerprint density at radius 1 is 1.08 bits per heavy atom. The van der Waals surface area contributed by atoms with Gasteiger partial charge in [-0.3, -0.25) is 4.90 Å². The first kappa shape index (κ1) is 23.4. The zero-order valence-corrected chi connectivity index (χ0v) is 19.8. The van der Waals surface area contributed by atoms with E-state index in [2.05, 4.69) is 35.4 Å². The summed E-state index contributed by atoms with van der Waals surface area (Å²) in [7, 11) is 0. The number of rotatable bonds is 5. The monoisotopic (exact) mass is 502 g/mol. The van der Waals surface area contributed by atoms with Gasteiger partial charge in [-0.25, -0.2) is 15.0 Å². The lowest BCUT2D eigenvalue weighted by Crippen LogP contribution is -2.56. The molecule has 0 spiro atoms. The van der Waals surface area contributed by atoms with E-state index in [0.29, 0.717) is 22.6 Å². The van der Waals surface area contributed by atoms with Gasteiger partial charge in [0.05, 0.1) is 24.9 Å². The number of anilines is 2. The lowest BCUT2D eigenvalue weighted by atomic mass is 10.1. The lowest BCUT2D eigenvalue weighted by Gasteiger charge is -2.42. The van der Waals surface area contributed by atoms with Crippen molar-refractivity contribution in [3.8, 4) is 11.3 Å². The second kappa shape index (κ2) is 9.49. The molecular formula is C24H29F3N8O. The standard InChI is InChI=1S/C24H29F3N8O/c25-24(26,27)19-12-30-23(31-15-2-1-5-28-10-15)33-21(19)18-11-29-22-17(18)3-4-20(32-22)35-8-6-34(7-9-35)16-13-36-14-16/h3-4,11-12,15-16,28H,1-2,5-10,13-14H2,(H,29,32)(H,30,31,33). The summed E-state index contributed by atoms with van der Waals surface area (Å²) >= 11 is 0. The van der Waals surface area contributed by atoms with Crippen LogP contribution in [0.5, 0.6) is 0 Å². The number of halogens is 3. The smallest absolute Gasteiger partial charge is 0.378 e. The van der Waals surface area contributed by atoms with Crippen molar-refractivity contribution in [1.29, 1.82) is 0 Å². The number of pyridine rings is 1. The molecule has 192 valence electrons. The average molecular weight is 503 g/mol. The van der Waals surface area contributed by atoms with E-state index in [1.807, 2.05) is 12.1 Å². The number of nitrogens with zero attached hydrogens (tertiary/aromatic N) is 5. The predicted octanol–water partition coefficient (Wildman–Crippen LogP) is 2.72. The summed E-state index contributed by atoms with van der Waals surface area (Å²) in [5, 5.41) is 7.06. The Morgan fingerprint density at radius 2 is 1.92 bits per heavy atom. The Labute approximate surface area is 206 Å². The Kier molecular flexibility index (Phi) is 6.18. The van der Waals surface area contributed by atoms with Crippen LogP contribution < -0.4 is 15.5 Å². The van der Waals surface area contributed by atoms with Gasteiger partial charge < -0.3 is 25.3 Å². The number of piperidine rings is 1. The highest BCUT2D eigenvalue weighted by Gasteiger charge is 2.36. The van der Waals surface area contributed by atoms with Crippen LogP contribution in [0.3, 0.4) is 0 Å². The molecule has 3 aromatic rings. The zero-order chi connectivity index (χ0) is 24.7. The number of ether oxygens (including phenoxy) is 1. The van der Waals surface area contributed by atoms with Crippen molar-refractivity contribution in [3.05, 3.63) is 30.1 Å². The van der Waals surface area contributed by atoms with E-state index in [1.165, 1.54) is 0 Å². The number of hydrogen-bond donors (Lipinski definition) is 3. The number of fused-ring (bicyclic) bond motifs is 1. The van der Waals surface area contributed by atoms with E-state index in [1.54, 1.807) is 6.20 Å². The van der Waals surface area contributed by atoms with Gasteiger partial charge in [0.25, 0.3) is 0 Å². The van der Waals surface area contributed by atoms with Crippen LogP contribution in [0.1, 0.15) is 18.4 Å². The highest BCUT2D eigenvalue weighted by Crippen LogP contribution is 2.39. The van der Waals surface area contributed by atoms with Crippen molar-refractivity contribution in [2.75, 3.05) is 62.7 Å². The number of alkyl halides is 3. The van der Waals surface area contributed by atoms with Crippen LogP contribution in [0.4, 0.5) is 24.9 Å². The molecule has 12 heteroatoms. The number of aromatic amines is 1. The summed E-state index contributed by atoms with van der Waals surface area (Å²) in [6.07, 6.45) is -0.253. The minimum absolute atomic E-state index is 0.0767. The first-order valence-corrected chi connectivity index (χ1v) is 12.4. The third kappa shape index (κ3) is 4.60. The van der Waals surface area contributed by atoms with Crippen molar-refractivity contribution < 1.29 is 17.9 Å². The molecule has 0 saturated carbocycles. The number of aromatic nitrogens is 4. The Morgan fingerprint density at radius 3 is 2.61 bits per heavy atom. The van der Waals surface area contributed by atoms with Gasteiger partial charge >= 0.3 is 6.18 Å². The number of piperazine rings is 1. The van der Waals surface area contributed by atoms with E-state index in [0.717, 1.165) is 77.3 Å². The maximum atomic E-state index is 13.9. The zero-order valence-electron chi connectivity index (χ0n) is 19.8. The summed E-state index contributed by atoms with van der Waals surface area (Å²) in [6, 6.07) is 4.30. The molecule has 0 aliphatic carbocycles. The fourth-order valence-electron chi connectivity index (χ4n) is 5.14. The van der Waals surface area contributed by atoms with Gasteiger partial charge in [0, 0.05) is 62.1 Å². The summed E-state index contributed by atoms with van der Waals surface area (Å²) in [4.78, 5) is 20.8. The van der Waals surface area contributed by atoms with E-state index in [-0.39, 0.29) is 17.7 Å². The van der Waals surface area contributed by atoms with Crippen molar-refractivity contribution in [2.24, 2.45) is 0 Å². The molecule has 3 N–H and O–H groups in total. The van der Waals surface area contributed by atoms with Gasteiger partial charge in [-0.1, -0.05) is 0 Å². The minimum Gasteiger partial charge on any atom is -0.378 e. The molecule has 6 heterocycles. The Balaban J connectivity index is 1.27. The molecule has 0 radical (unpaired) electrons. The Bertz CT molecular complexity index is 1210. The molecule has 9 nitrogen and oxygen atoms in total. The number of nitrogens with one attached hydrogen (secondary N) is 3. The van der Waals surface area contributed by atoms with Crippen molar-refractivity contribution in [3.63, 3.8) is 0 Å². The maximum Gasteiger partial charge on any atom is 0.419 e. The summed E-state index contributed by atoms with van der Waals surface area (Å²) in [6.45, 7) is 6.82. The van der Waals surface area contributed by atoms with Crippen molar-refractivity contribution in [2.45, 2.75) is 31.1 Å². The van der Waals surface area contributed by atoms with Gasteiger partial charge in [0.15, 0.2) is 0 Å². The molecule has 0 aromatic carbocycles.